The smallest absolute Gasteiger partial charge is 0.343 e. The van der Waals surface area contributed by atoms with Crippen molar-refractivity contribution >= 4 is 17.8 Å². The number of carbonyl (C=O) groups excluding carboxylic acids is 2. The molecule has 0 unspecified atom stereocenters. The van der Waals surface area contributed by atoms with Gasteiger partial charge in [-0.15, -0.1) is 0 Å². The fourth-order valence-corrected chi connectivity index (χ4v) is 3.92. The van der Waals surface area contributed by atoms with Gasteiger partial charge in [-0.05, 0) is 66.1 Å². The molecule has 0 amide bonds. The van der Waals surface area contributed by atoms with Crippen LogP contribution < -0.4 is 14.2 Å². The minimum atomic E-state index is -0.505. The van der Waals surface area contributed by atoms with Crippen LogP contribution in [0.1, 0.15) is 31.8 Å². The first-order valence-corrected chi connectivity index (χ1v) is 11.1. The van der Waals surface area contributed by atoms with Crippen molar-refractivity contribution in [1.29, 1.82) is 0 Å². The summed E-state index contributed by atoms with van der Waals surface area (Å²) in [5, 5.41) is 0. The molecule has 0 saturated heterocycles. The van der Waals surface area contributed by atoms with E-state index in [1.807, 2.05) is 42.5 Å². The Hall–Kier alpha value is -4.64. The molecule has 0 fully saturated rings. The number of allylic oxidation sites excluding steroid dienone is 1. The molecule has 5 heteroatoms. The average molecular weight is 463 g/mol. The summed E-state index contributed by atoms with van der Waals surface area (Å²) in [4.78, 5) is 25.5. The van der Waals surface area contributed by atoms with E-state index in [9.17, 15) is 9.59 Å². The summed E-state index contributed by atoms with van der Waals surface area (Å²) in [5.74, 6) is 0.913. The van der Waals surface area contributed by atoms with Gasteiger partial charge in [-0.3, -0.25) is 4.79 Å². The SMILES string of the molecule is COc1ccc(C(=O)Oc2ccc3c(c2C)O/C(=C\c2ccc(-c4ccccc4)cc2)C3=O)cc1. The van der Waals surface area contributed by atoms with Crippen LogP contribution in [0.2, 0.25) is 0 Å². The first kappa shape index (κ1) is 22.2. The van der Waals surface area contributed by atoms with E-state index in [1.54, 1.807) is 56.5 Å². The van der Waals surface area contributed by atoms with Crippen LogP contribution in [-0.4, -0.2) is 18.9 Å². The lowest BCUT2D eigenvalue weighted by Crippen LogP contribution is -2.09. The number of fused-ring (bicyclic) bond motifs is 1. The fourth-order valence-electron chi connectivity index (χ4n) is 3.92. The molecular weight excluding hydrogens is 440 g/mol. The lowest BCUT2D eigenvalue weighted by molar-refractivity contribution is 0.0733. The van der Waals surface area contributed by atoms with E-state index >= 15 is 0 Å². The normalized spacial score (nSPS) is 13.3. The Morgan fingerprint density at radius 2 is 1.51 bits per heavy atom. The molecule has 0 bridgehead atoms. The highest BCUT2D eigenvalue weighted by atomic mass is 16.5. The summed E-state index contributed by atoms with van der Waals surface area (Å²) in [6.45, 7) is 1.76. The molecule has 0 radical (unpaired) electrons. The van der Waals surface area contributed by atoms with Crippen molar-refractivity contribution in [3.05, 3.63) is 119 Å². The van der Waals surface area contributed by atoms with Crippen molar-refractivity contribution in [2.24, 2.45) is 0 Å². The molecule has 1 aliphatic heterocycles. The Labute approximate surface area is 203 Å². The summed E-state index contributed by atoms with van der Waals surface area (Å²) in [5.41, 5.74) is 4.49. The maximum atomic E-state index is 12.9. The second kappa shape index (κ2) is 9.31. The standard InChI is InChI=1S/C30H22O5/c1-19-26(35-30(32)23-12-14-24(33-2)15-13-23)17-16-25-28(31)27(34-29(19)25)18-20-8-10-22(11-9-20)21-6-4-3-5-7-21/h3-18H,1-2H3/b27-18-. The van der Waals surface area contributed by atoms with Crippen LogP contribution in [0, 0.1) is 6.92 Å². The number of ketones is 1. The second-order valence-electron chi connectivity index (χ2n) is 8.11. The highest BCUT2D eigenvalue weighted by Crippen LogP contribution is 2.39. The van der Waals surface area contributed by atoms with Crippen LogP contribution in [0.4, 0.5) is 0 Å². The van der Waals surface area contributed by atoms with Gasteiger partial charge in [0, 0.05) is 5.56 Å². The molecule has 0 atom stereocenters. The minimum Gasteiger partial charge on any atom is -0.497 e. The topological polar surface area (TPSA) is 61.8 Å². The zero-order chi connectivity index (χ0) is 24.4. The van der Waals surface area contributed by atoms with Crippen LogP contribution >= 0.6 is 0 Å². The number of ether oxygens (including phenoxy) is 3. The molecular formula is C30H22O5. The Balaban J connectivity index is 1.35. The molecule has 1 heterocycles. The van der Waals surface area contributed by atoms with Gasteiger partial charge in [0.2, 0.25) is 5.78 Å². The van der Waals surface area contributed by atoms with Crippen molar-refractivity contribution in [3.8, 4) is 28.4 Å². The van der Waals surface area contributed by atoms with Crippen molar-refractivity contribution in [3.63, 3.8) is 0 Å². The summed E-state index contributed by atoms with van der Waals surface area (Å²) >= 11 is 0. The number of methoxy groups -OCH3 is 1. The number of hydrogen-bond acceptors (Lipinski definition) is 5. The maximum Gasteiger partial charge on any atom is 0.343 e. The summed E-state index contributed by atoms with van der Waals surface area (Å²) in [6.07, 6.45) is 1.72. The number of rotatable bonds is 5. The van der Waals surface area contributed by atoms with Gasteiger partial charge >= 0.3 is 5.97 Å². The molecule has 5 nitrogen and oxygen atoms in total. The van der Waals surface area contributed by atoms with E-state index in [0.29, 0.717) is 33.9 Å². The number of esters is 1. The molecule has 0 saturated carbocycles. The average Bonchev–Trinajstić information content (AvgIpc) is 3.22. The Bertz CT molecular complexity index is 1430. The van der Waals surface area contributed by atoms with Crippen LogP contribution in [0.15, 0.2) is 96.8 Å². The van der Waals surface area contributed by atoms with Crippen molar-refractivity contribution in [1.82, 2.24) is 0 Å². The molecule has 172 valence electrons. The molecule has 4 aromatic carbocycles. The van der Waals surface area contributed by atoms with Crippen LogP contribution in [0.3, 0.4) is 0 Å². The zero-order valence-electron chi connectivity index (χ0n) is 19.3. The largest absolute Gasteiger partial charge is 0.497 e. The van der Waals surface area contributed by atoms with E-state index in [2.05, 4.69) is 12.1 Å². The minimum absolute atomic E-state index is 0.205. The van der Waals surface area contributed by atoms with E-state index in [4.69, 9.17) is 14.2 Å². The summed E-state index contributed by atoms with van der Waals surface area (Å²) in [7, 11) is 1.56. The van der Waals surface area contributed by atoms with E-state index in [0.717, 1.165) is 16.7 Å². The number of Topliss-reactive ketones (excluding diaryl/α,β-unsaturated/α-hetero) is 1. The van der Waals surface area contributed by atoms with Crippen LogP contribution in [0.25, 0.3) is 17.2 Å². The van der Waals surface area contributed by atoms with Gasteiger partial charge in [0.1, 0.15) is 17.2 Å². The van der Waals surface area contributed by atoms with Crippen molar-refractivity contribution in [2.45, 2.75) is 6.92 Å². The number of hydrogen-bond donors (Lipinski definition) is 0. The van der Waals surface area contributed by atoms with Crippen molar-refractivity contribution < 1.29 is 23.8 Å². The van der Waals surface area contributed by atoms with Gasteiger partial charge in [-0.1, -0.05) is 54.6 Å². The van der Waals surface area contributed by atoms with Gasteiger partial charge in [0.15, 0.2) is 5.76 Å². The highest BCUT2D eigenvalue weighted by molar-refractivity contribution is 6.15. The molecule has 5 rings (SSSR count). The van der Waals surface area contributed by atoms with E-state index in [-0.39, 0.29) is 11.5 Å². The Morgan fingerprint density at radius 1 is 0.829 bits per heavy atom. The maximum absolute atomic E-state index is 12.9. The second-order valence-corrected chi connectivity index (χ2v) is 8.11. The molecule has 0 aliphatic carbocycles. The molecule has 1 aliphatic rings. The van der Waals surface area contributed by atoms with Gasteiger partial charge in [-0.2, -0.15) is 0 Å². The van der Waals surface area contributed by atoms with Crippen LogP contribution in [0.5, 0.6) is 17.2 Å². The lowest BCUT2D eigenvalue weighted by Gasteiger charge is -2.10. The van der Waals surface area contributed by atoms with E-state index in [1.165, 1.54) is 0 Å². The zero-order valence-corrected chi connectivity index (χ0v) is 19.3. The third kappa shape index (κ3) is 4.44. The first-order chi connectivity index (χ1) is 17.0. The third-order valence-corrected chi connectivity index (χ3v) is 5.88. The summed E-state index contributed by atoms with van der Waals surface area (Å²) < 4.78 is 16.6. The number of benzene rings is 4. The molecule has 0 aromatic heterocycles. The quantitative estimate of drug-likeness (QED) is 0.192. The third-order valence-electron chi connectivity index (χ3n) is 5.88. The van der Waals surface area contributed by atoms with E-state index < -0.39 is 5.97 Å². The lowest BCUT2D eigenvalue weighted by atomic mass is 10.0. The number of carbonyl (C=O) groups is 2. The molecule has 35 heavy (non-hydrogen) atoms. The molecule has 0 spiro atoms. The fraction of sp³-hybridized carbons (Fsp3) is 0.0667. The van der Waals surface area contributed by atoms with Gasteiger partial charge < -0.3 is 14.2 Å². The molecule has 0 N–H and O–H groups in total. The van der Waals surface area contributed by atoms with Gasteiger partial charge in [0.25, 0.3) is 0 Å². The Kier molecular flexibility index (Phi) is 5.90. The monoisotopic (exact) mass is 462 g/mol. The predicted molar refractivity (Wildman–Crippen MR) is 134 cm³/mol. The van der Waals surface area contributed by atoms with Gasteiger partial charge in [-0.25, -0.2) is 4.79 Å². The predicted octanol–water partition coefficient (Wildman–Crippen LogP) is 6.51. The first-order valence-electron chi connectivity index (χ1n) is 11.1. The van der Waals surface area contributed by atoms with Crippen LogP contribution in [-0.2, 0) is 0 Å². The van der Waals surface area contributed by atoms with Crippen molar-refractivity contribution in [2.75, 3.05) is 7.11 Å². The highest BCUT2D eigenvalue weighted by Gasteiger charge is 2.30. The molecule has 4 aromatic rings. The summed E-state index contributed by atoms with van der Waals surface area (Å²) in [6, 6.07) is 27.9. The Morgan fingerprint density at radius 3 is 2.20 bits per heavy atom. The van der Waals surface area contributed by atoms with Gasteiger partial charge in [0.05, 0.1) is 18.2 Å².